The van der Waals surface area contributed by atoms with Crippen molar-refractivity contribution in [3.63, 3.8) is 0 Å². The second-order valence-corrected chi connectivity index (χ2v) is 5.52. The summed E-state index contributed by atoms with van der Waals surface area (Å²) in [5.74, 6) is -0.260. The van der Waals surface area contributed by atoms with E-state index in [1.54, 1.807) is 6.92 Å². The van der Waals surface area contributed by atoms with Gasteiger partial charge in [-0.15, -0.1) is 0 Å². The Balaban J connectivity index is 2.08. The van der Waals surface area contributed by atoms with Gasteiger partial charge in [-0.25, -0.2) is 4.79 Å². The van der Waals surface area contributed by atoms with Crippen LogP contribution in [0.5, 0.6) is 0 Å². The molecule has 110 valence electrons. The van der Waals surface area contributed by atoms with Gasteiger partial charge in [-0.2, -0.15) is 0 Å². The van der Waals surface area contributed by atoms with Crippen molar-refractivity contribution in [1.29, 1.82) is 0 Å². The van der Waals surface area contributed by atoms with E-state index in [0.29, 0.717) is 11.7 Å². The Labute approximate surface area is 117 Å². The molecule has 0 amide bonds. The van der Waals surface area contributed by atoms with Crippen molar-refractivity contribution in [3.8, 4) is 0 Å². The van der Waals surface area contributed by atoms with Crippen LogP contribution in [0.15, 0.2) is 12.2 Å². The standard InChI is InChI=1S/C16H28O3/c1-4-5-6-7-12-18-14-8-10-15(11-9-14)19-16(17)13(2)3/h14-15H,2,4-12H2,1,3H3. The highest BCUT2D eigenvalue weighted by atomic mass is 16.5. The molecule has 0 heterocycles. The molecule has 0 radical (unpaired) electrons. The monoisotopic (exact) mass is 268 g/mol. The van der Waals surface area contributed by atoms with Gasteiger partial charge < -0.3 is 9.47 Å². The lowest BCUT2D eigenvalue weighted by atomic mass is 9.95. The largest absolute Gasteiger partial charge is 0.459 e. The first-order chi connectivity index (χ1) is 9.13. The van der Waals surface area contributed by atoms with Crippen LogP contribution in [-0.4, -0.2) is 24.8 Å². The lowest BCUT2D eigenvalue weighted by Crippen LogP contribution is -2.28. The maximum absolute atomic E-state index is 11.4. The average molecular weight is 268 g/mol. The summed E-state index contributed by atoms with van der Waals surface area (Å²) < 4.78 is 11.2. The second kappa shape index (κ2) is 9.13. The molecule has 0 aliphatic heterocycles. The summed E-state index contributed by atoms with van der Waals surface area (Å²) in [5.41, 5.74) is 0.481. The van der Waals surface area contributed by atoms with E-state index in [2.05, 4.69) is 13.5 Å². The average Bonchev–Trinajstić information content (AvgIpc) is 2.40. The third kappa shape index (κ3) is 6.76. The normalized spacial score (nSPS) is 23.1. The summed E-state index contributed by atoms with van der Waals surface area (Å²) in [6.07, 6.45) is 9.25. The third-order valence-electron chi connectivity index (χ3n) is 3.59. The summed E-state index contributed by atoms with van der Waals surface area (Å²) >= 11 is 0. The van der Waals surface area contributed by atoms with E-state index < -0.39 is 0 Å². The molecule has 3 heteroatoms. The molecule has 3 nitrogen and oxygen atoms in total. The minimum Gasteiger partial charge on any atom is -0.459 e. The fourth-order valence-electron chi connectivity index (χ4n) is 2.35. The van der Waals surface area contributed by atoms with E-state index in [-0.39, 0.29) is 12.1 Å². The van der Waals surface area contributed by atoms with Crippen LogP contribution in [0.3, 0.4) is 0 Å². The molecule has 0 aromatic carbocycles. The topological polar surface area (TPSA) is 35.5 Å². The first-order valence-corrected chi connectivity index (χ1v) is 7.61. The van der Waals surface area contributed by atoms with Gasteiger partial charge in [-0.1, -0.05) is 32.8 Å². The van der Waals surface area contributed by atoms with Crippen LogP contribution < -0.4 is 0 Å². The molecule has 1 aliphatic carbocycles. The van der Waals surface area contributed by atoms with Crippen molar-refractivity contribution in [2.24, 2.45) is 0 Å². The number of unbranched alkanes of at least 4 members (excludes halogenated alkanes) is 3. The van der Waals surface area contributed by atoms with Crippen LogP contribution in [0.2, 0.25) is 0 Å². The fourth-order valence-corrected chi connectivity index (χ4v) is 2.35. The molecule has 0 aromatic rings. The SMILES string of the molecule is C=C(C)C(=O)OC1CCC(OCCCCCC)CC1. The van der Waals surface area contributed by atoms with Crippen LogP contribution >= 0.6 is 0 Å². The molecule has 0 unspecified atom stereocenters. The van der Waals surface area contributed by atoms with E-state index in [1.165, 1.54) is 25.7 Å². The molecular formula is C16H28O3. The molecule has 0 spiro atoms. The Morgan fingerprint density at radius 1 is 1.11 bits per heavy atom. The number of carbonyl (C=O) groups excluding carboxylic acids is 1. The molecule has 0 N–H and O–H groups in total. The molecular weight excluding hydrogens is 240 g/mol. The number of rotatable bonds is 8. The molecule has 19 heavy (non-hydrogen) atoms. The van der Waals surface area contributed by atoms with Gasteiger partial charge in [0.05, 0.1) is 6.10 Å². The second-order valence-electron chi connectivity index (χ2n) is 5.52. The van der Waals surface area contributed by atoms with Crippen LogP contribution in [0, 0.1) is 0 Å². The molecule has 0 aromatic heterocycles. The minimum absolute atomic E-state index is 0.0594. The molecule has 0 saturated heterocycles. The molecule has 1 aliphatic rings. The van der Waals surface area contributed by atoms with Crippen molar-refractivity contribution < 1.29 is 14.3 Å². The number of esters is 1. The summed E-state index contributed by atoms with van der Waals surface area (Å²) in [7, 11) is 0. The van der Waals surface area contributed by atoms with Gasteiger partial charge in [-0.05, 0) is 39.0 Å². The van der Waals surface area contributed by atoms with Crippen molar-refractivity contribution in [3.05, 3.63) is 12.2 Å². The van der Waals surface area contributed by atoms with E-state index >= 15 is 0 Å². The molecule has 0 atom stereocenters. The van der Waals surface area contributed by atoms with Gasteiger partial charge >= 0.3 is 5.97 Å². The summed E-state index contributed by atoms with van der Waals surface area (Å²) in [6, 6.07) is 0. The lowest BCUT2D eigenvalue weighted by Gasteiger charge is -2.28. The van der Waals surface area contributed by atoms with Gasteiger partial charge in [0, 0.05) is 12.2 Å². The zero-order chi connectivity index (χ0) is 14.1. The Hall–Kier alpha value is -0.830. The maximum Gasteiger partial charge on any atom is 0.333 e. The van der Waals surface area contributed by atoms with E-state index in [9.17, 15) is 4.79 Å². The zero-order valence-corrected chi connectivity index (χ0v) is 12.5. The smallest absolute Gasteiger partial charge is 0.333 e. The molecule has 0 bridgehead atoms. The van der Waals surface area contributed by atoms with Crippen molar-refractivity contribution in [1.82, 2.24) is 0 Å². The lowest BCUT2D eigenvalue weighted by molar-refractivity contribution is -0.147. The number of hydrogen-bond donors (Lipinski definition) is 0. The van der Waals surface area contributed by atoms with E-state index in [1.807, 2.05) is 0 Å². The predicted molar refractivity (Wildman–Crippen MR) is 77.0 cm³/mol. The fraction of sp³-hybridized carbons (Fsp3) is 0.812. The van der Waals surface area contributed by atoms with E-state index in [0.717, 1.165) is 32.3 Å². The number of hydrogen-bond acceptors (Lipinski definition) is 3. The quantitative estimate of drug-likeness (QED) is 0.379. The summed E-state index contributed by atoms with van der Waals surface area (Å²) in [6.45, 7) is 8.38. The number of ether oxygens (including phenoxy) is 2. The van der Waals surface area contributed by atoms with Gasteiger partial charge in [0.15, 0.2) is 0 Å². The Kier molecular flexibility index (Phi) is 7.80. The Bertz CT molecular complexity index is 278. The van der Waals surface area contributed by atoms with Crippen LogP contribution in [0.25, 0.3) is 0 Å². The van der Waals surface area contributed by atoms with Crippen molar-refractivity contribution in [2.45, 2.75) is 77.4 Å². The van der Waals surface area contributed by atoms with Gasteiger partial charge in [0.1, 0.15) is 6.10 Å². The number of carbonyl (C=O) groups is 1. The van der Waals surface area contributed by atoms with Crippen LogP contribution in [-0.2, 0) is 14.3 Å². The summed E-state index contributed by atoms with van der Waals surface area (Å²) in [5, 5.41) is 0. The van der Waals surface area contributed by atoms with Crippen LogP contribution in [0.4, 0.5) is 0 Å². The highest BCUT2D eigenvalue weighted by Crippen LogP contribution is 2.24. The first kappa shape index (κ1) is 16.2. The maximum atomic E-state index is 11.4. The Morgan fingerprint density at radius 3 is 2.32 bits per heavy atom. The highest BCUT2D eigenvalue weighted by molar-refractivity contribution is 5.87. The molecule has 1 saturated carbocycles. The van der Waals surface area contributed by atoms with Crippen molar-refractivity contribution >= 4 is 5.97 Å². The van der Waals surface area contributed by atoms with Gasteiger partial charge in [0.2, 0.25) is 0 Å². The van der Waals surface area contributed by atoms with Gasteiger partial charge in [0.25, 0.3) is 0 Å². The highest BCUT2D eigenvalue weighted by Gasteiger charge is 2.24. The molecule has 1 fully saturated rings. The Morgan fingerprint density at radius 2 is 1.74 bits per heavy atom. The predicted octanol–water partition coefficient (Wildman–Crippen LogP) is 4.01. The summed E-state index contributed by atoms with van der Waals surface area (Å²) in [4.78, 5) is 11.4. The third-order valence-corrected chi connectivity index (χ3v) is 3.59. The van der Waals surface area contributed by atoms with Crippen LogP contribution in [0.1, 0.15) is 65.2 Å². The van der Waals surface area contributed by atoms with Gasteiger partial charge in [-0.3, -0.25) is 0 Å². The molecule has 1 rings (SSSR count). The first-order valence-electron chi connectivity index (χ1n) is 7.61. The minimum atomic E-state index is -0.260. The zero-order valence-electron chi connectivity index (χ0n) is 12.5. The van der Waals surface area contributed by atoms with E-state index in [4.69, 9.17) is 9.47 Å². The van der Waals surface area contributed by atoms with Crippen molar-refractivity contribution in [2.75, 3.05) is 6.61 Å².